The second-order valence-corrected chi connectivity index (χ2v) is 4.13. The molecule has 0 aliphatic carbocycles. The highest BCUT2D eigenvalue weighted by molar-refractivity contribution is 5.60. The van der Waals surface area contributed by atoms with Gasteiger partial charge in [-0.25, -0.2) is 0 Å². The van der Waals surface area contributed by atoms with Crippen LogP contribution in [0, 0.1) is 21.4 Å². The first-order chi connectivity index (χ1) is 9.13. The lowest BCUT2D eigenvalue weighted by Crippen LogP contribution is -2.27. The van der Waals surface area contributed by atoms with Gasteiger partial charge in [-0.15, -0.1) is 0 Å². The number of aliphatic hydroxyl groups excluding tert-OH is 1. The Labute approximate surface area is 112 Å². The minimum absolute atomic E-state index is 0.0164. The number of rotatable bonds is 7. The summed E-state index contributed by atoms with van der Waals surface area (Å²) in [5.41, 5.74) is 0.515. The van der Waals surface area contributed by atoms with E-state index in [2.05, 4.69) is 6.92 Å². The van der Waals surface area contributed by atoms with Crippen LogP contribution in [0.5, 0.6) is 0 Å². The first-order valence-electron chi connectivity index (χ1n) is 6.18. The van der Waals surface area contributed by atoms with Crippen LogP contribution in [0.25, 0.3) is 0 Å². The quantitative estimate of drug-likeness (QED) is 0.600. The molecule has 102 valence electrons. The molecule has 0 bridgehead atoms. The predicted octanol–water partition coefficient (Wildman–Crippen LogP) is 2.07. The summed E-state index contributed by atoms with van der Waals surface area (Å²) in [4.78, 5) is 12.2. The van der Waals surface area contributed by atoms with Crippen LogP contribution in [0.1, 0.15) is 25.3 Å². The molecule has 0 aliphatic rings. The van der Waals surface area contributed by atoms with Crippen LogP contribution in [-0.4, -0.2) is 29.7 Å². The molecule has 0 spiro atoms. The Bertz CT molecular complexity index is 483. The van der Waals surface area contributed by atoms with Gasteiger partial charge in [-0.1, -0.05) is 13.3 Å². The summed E-state index contributed by atoms with van der Waals surface area (Å²) in [6.45, 7) is 3.18. The van der Waals surface area contributed by atoms with Crippen molar-refractivity contribution in [2.45, 2.75) is 19.8 Å². The van der Waals surface area contributed by atoms with Crippen molar-refractivity contribution in [1.82, 2.24) is 0 Å². The molecule has 0 aromatic heterocycles. The Morgan fingerprint density at radius 1 is 1.47 bits per heavy atom. The van der Waals surface area contributed by atoms with Gasteiger partial charge in [0.05, 0.1) is 11.5 Å². The second-order valence-electron chi connectivity index (χ2n) is 4.13. The number of benzene rings is 1. The highest BCUT2D eigenvalue weighted by atomic mass is 16.6. The van der Waals surface area contributed by atoms with Gasteiger partial charge in [0.2, 0.25) is 0 Å². The number of hydrogen-bond acceptors (Lipinski definition) is 5. The fraction of sp³-hybridized carbons (Fsp3) is 0.462. The molecular weight excluding hydrogens is 246 g/mol. The van der Waals surface area contributed by atoms with Crippen molar-refractivity contribution >= 4 is 11.4 Å². The molecular formula is C13H17N3O3. The lowest BCUT2D eigenvalue weighted by molar-refractivity contribution is -0.385. The summed E-state index contributed by atoms with van der Waals surface area (Å²) in [5.74, 6) is 0. The SMILES string of the molecule is CCCCN(CCO)c1ccc(C#N)c([N+](=O)[O-])c1. The van der Waals surface area contributed by atoms with E-state index < -0.39 is 4.92 Å². The molecule has 0 radical (unpaired) electrons. The number of nitro groups is 1. The van der Waals surface area contributed by atoms with E-state index in [0.29, 0.717) is 12.2 Å². The minimum Gasteiger partial charge on any atom is -0.395 e. The summed E-state index contributed by atoms with van der Waals surface area (Å²) in [6, 6.07) is 6.33. The van der Waals surface area contributed by atoms with E-state index in [9.17, 15) is 10.1 Å². The molecule has 0 unspecified atom stereocenters. The molecule has 0 saturated heterocycles. The van der Waals surface area contributed by atoms with Crippen LogP contribution in [0.15, 0.2) is 18.2 Å². The highest BCUT2D eigenvalue weighted by Gasteiger charge is 2.16. The number of nitriles is 1. The van der Waals surface area contributed by atoms with Gasteiger partial charge < -0.3 is 10.0 Å². The topological polar surface area (TPSA) is 90.4 Å². The van der Waals surface area contributed by atoms with Crippen molar-refractivity contribution in [3.63, 3.8) is 0 Å². The van der Waals surface area contributed by atoms with E-state index >= 15 is 0 Å². The number of nitro benzene ring substituents is 1. The molecule has 6 heteroatoms. The van der Waals surface area contributed by atoms with E-state index in [1.54, 1.807) is 6.07 Å². The summed E-state index contributed by atoms with van der Waals surface area (Å²) >= 11 is 0. The average molecular weight is 263 g/mol. The molecule has 1 rings (SSSR count). The Morgan fingerprint density at radius 3 is 2.74 bits per heavy atom. The van der Waals surface area contributed by atoms with Crippen molar-refractivity contribution in [2.24, 2.45) is 0 Å². The van der Waals surface area contributed by atoms with Crippen LogP contribution in [0.4, 0.5) is 11.4 Å². The van der Waals surface area contributed by atoms with Gasteiger partial charge in [0, 0.05) is 24.8 Å². The molecule has 1 N–H and O–H groups in total. The monoisotopic (exact) mass is 263 g/mol. The summed E-state index contributed by atoms with van der Waals surface area (Å²) in [6.07, 6.45) is 1.94. The molecule has 1 aromatic rings. The standard InChI is InChI=1S/C13H17N3O3/c1-2-3-6-15(7-8-17)12-5-4-11(10-14)13(9-12)16(18)19/h4-5,9,17H,2-3,6-8H2,1H3. The number of unbranched alkanes of at least 4 members (excludes halogenated alkanes) is 1. The third-order valence-electron chi connectivity index (χ3n) is 2.82. The molecule has 0 atom stereocenters. The molecule has 1 aromatic carbocycles. The van der Waals surface area contributed by atoms with Gasteiger partial charge >= 0.3 is 0 Å². The first kappa shape index (κ1) is 14.9. The van der Waals surface area contributed by atoms with Crippen molar-refractivity contribution in [2.75, 3.05) is 24.6 Å². The molecule has 0 aliphatic heterocycles. The van der Waals surface area contributed by atoms with Gasteiger partial charge in [0.15, 0.2) is 0 Å². The molecule has 0 fully saturated rings. The van der Waals surface area contributed by atoms with Crippen LogP contribution in [-0.2, 0) is 0 Å². The third-order valence-corrected chi connectivity index (χ3v) is 2.82. The van der Waals surface area contributed by atoms with Gasteiger partial charge in [0.1, 0.15) is 11.6 Å². The van der Waals surface area contributed by atoms with Crippen molar-refractivity contribution < 1.29 is 10.0 Å². The minimum atomic E-state index is -0.557. The van der Waals surface area contributed by atoms with Gasteiger partial charge in [-0.2, -0.15) is 5.26 Å². The molecule has 0 heterocycles. The molecule has 0 saturated carbocycles. The fourth-order valence-corrected chi connectivity index (χ4v) is 1.80. The normalized spacial score (nSPS) is 9.95. The number of hydrogen-bond donors (Lipinski definition) is 1. The van der Waals surface area contributed by atoms with Crippen molar-refractivity contribution in [1.29, 1.82) is 5.26 Å². The van der Waals surface area contributed by atoms with Gasteiger partial charge in [-0.05, 0) is 18.6 Å². The van der Waals surface area contributed by atoms with Crippen LogP contribution in [0.3, 0.4) is 0 Å². The highest BCUT2D eigenvalue weighted by Crippen LogP contribution is 2.25. The zero-order valence-electron chi connectivity index (χ0n) is 10.9. The predicted molar refractivity (Wildman–Crippen MR) is 72.0 cm³/mol. The summed E-state index contributed by atoms with van der Waals surface area (Å²) in [7, 11) is 0. The number of anilines is 1. The average Bonchev–Trinajstić information content (AvgIpc) is 2.42. The van der Waals surface area contributed by atoms with E-state index in [-0.39, 0.29) is 17.9 Å². The van der Waals surface area contributed by atoms with E-state index in [1.165, 1.54) is 12.1 Å². The van der Waals surface area contributed by atoms with Crippen LogP contribution < -0.4 is 4.90 Å². The number of aliphatic hydroxyl groups is 1. The Hall–Kier alpha value is -2.13. The maximum absolute atomic E-state index is 10.9. The Balaban J connectivity index is 3.07. The fourth-order valence-electron chi connectivity index (χ4n) is 1.80. The van der Waals surface area contributed by atoms with Gasteiger partial charge in [-0.3, -0.25) is 10.1 Å². The second kappa shape index (κ2) is 7.34. The summed E-state index contributed by atoms with van der Waals surface area (Å²) in [5, 5.41) is 28.8. The molecule has 0 amide bonds. The zero-order chi connectivity index (χ0) is 14.3. The zero-order valence-corrected chi connectivity index (χ0v) is 10.9. The van der Waals surface area contributed by atoms with Crippen LogP contribution >= 0.6 is 0 Å². The Kier molecular flexibility index (Phi) is 5.76. The van der Waals surface area contributed by atoms with E-state index in [0.717, 1.165) is 19.4 Å². The van der Waals surface area contributed by atoms with Crippen molar-refractivity contribution in [3.05, 3.63) is 33.9 Å². The largest absolute Gasteiger partial charge is 0.395 e. The molecule has 6 nitrogen and oxygen atoms in total. The molecule has 19 heavy (non-hydrogen) atoms. The lowest BCUT2D eigenvalue weighted by atomic mass is 10.1. The van der Waals surface area contributed by atoms with E-state index in [4.69, 9.17) is 10.4 Å². The maximum Gasteiger partial charge on any atom is 0.289 e. The number of nitrogens with zero attached hydrogens (tertiary/aromatic N) is 3. The third kappa shape index (κ3) is 3.93. The van der Waals surface area contributed by atoms with E-state index in [1.807, 2.05) is 11.0 Å². The first-order valence-corrected chi connectivity index (χ1v) is 6.18. The lowest BCUT2D eigenvalue weighted by Gasteiger charge is -2.23. The van der Waals surface area contributed by atoms with Gasteiger partial charge in [0.25, 0.3) is 5.69 Å². The van der Waals surface area contributed by atoms with Crippen molar-refractivity contribution in [3.8, 4) is 6.07 Å². The van der Waals surface area contributed by atoms with Crippen LogP contribution in [0.2, 0.25) is 0 Å². The smallest absolute Gasteiger partial charge is 0.289 e. The maximum atomic E-state index is 10.9. The summed E-state index contributed by atoms with van der Waals surface area (Å²) < 4.78 is 0. The Morgan fingerprint density at radius 2 is 2.21 bits per heavy atom.